The Hall–Kier alpha value is -1.24. The molecule has 7 heteroatoms. The highest BCUT2D eigenvalue weighted by atomic mass is 32.1. The van der Waals surface area contributed by atoms with Gasteiger partial charge < -0.3 is 16.2 Å². The van der Waals surface area contributed by atoms with Crippen molar-refractivity contribution in [3.63, 3.8) is 0 Å². The summed E-state index contributed by atoms with van der Waals surface area (Å²) in [6.45, 7) is 1.76. The molecule has 0 aliphatic rings. The van der Waals surface area contributed by atoms with Gasteiger partial charge in [-0.25, -0.2) is 4.79 Å². The zero-order valence-electron chi connectivity index (χ0n) is 8.97. The van der Waals surface area contributed by atoms with Gasteiger partial charge in [0.05, 0.1) is 5.25 Å². The first kappa shape index (κ1) is 14.8. The molecule has 0 rings (SSSR count). The third-order valence-electron chi connectivity index (χ3n) is 1.98. The summed E-state index contributed by atoms with van der Waals surface area (Å²) >= 11 is 3.98. The standard InChI is InChI=1S/C9H16N2O4S/c1-2-6(16)8(13)11-5(9(14)15)3-4-7(10)12/h5-6,16H,2-4H2,1H3,(H2,10,12)(H,11,13)(H,14,15)/t5-,6-/m0/s1. The van der Waals surface area contributed by atoms with Gasteiger partial charge in [0.1, 0.15) is 6.04 Å². The average Bonchev–Trinajstić information content (AvgIpc) is 2.21. The molecule has 0 bridgehead atoms. The number of carboxylic acids is 1. The summed E-state index contributed by atoms with van der Waals surface area (Å²) in [5, 5.41) is 10.6. The molecule has 2 atom stereocenters. The van der Waals surface area contributed by atoms with Crippen LogP contribution < -0.4 is 11.1 Å². The molecule has 16 heavy (non-hydrogen) atoms. The summed E-state index contributed by atoms with van der Waals surface area (Å²) in [7, 11) is 0. The maximum atomic E-state index is 11.4. The van der Waals surface area contributed by atoms with Crippen LogP contribution in [0.3, 0.4) is 0 Å². The second-order valence-corrected chi connectivity index (χ2v) is 3.95. The molecule has 6 nitrogen and oxygen atoms in total. The lowest BCUT2D eigenvalue weighted by Crippen LogP contribution is -2.44. The Labute approximate surface area is 99.0 Å². The molecular formula is C9H16N2O4S. The quantitative estimate of drug-likeness (QED) is 0.456. The monoisotopic (exact) mass is 248 g/mol. The molecule has 0 aromatic carbocycles. The number of carboxylic acid groups (broad SMARTS) is 1. The highest BCUT2D eigenvalue weighted by molar-refractivity contribution is 7.81. The number of thiol groups is 1. The molecule has 0 aromatic heterocycles. The first-order chi connectivity index (χ1) is 7.38. The topological polar surface area (TPSA) is 109 Å². The summed E-state index contributed by atoms with van der Waals surface area (Å²) in [5.41, 5.74) is 4.90. The summed E-state index contributed by atoms with van der Waals surface area (Å²) in [6.07, 6.45) is 0.401. The lowest BCUT2D eigenvalue weighted by Gasteiger charge is -2.15. The summed E-state index contributed by atoms with van der Waals surface area (Å²) in [5.74, 6) is -2.24. The van der Waals surface area contributed by atoms with Crippen LogP contribution in [-0.2, 0) is 14.4 Å². The highest BCUT2D eigenvalue weighted by Gasteiger charge is 2.22. The van der Waals surface area contributed by atoms with Crippen LogP contribution in [0.4, 0.5) is 0 Å². The van der Waals surface area contributed by atoms with Crippen molar-refractivity contribution < 1.29 is 19.5 Å². The van der Waals surface area contributed by atoms with Gasteiger partial charge in [0, 0.05) is 6.42 Å². The van der Waals surface area contributed by atoms with Gasteiger partial charge in [-0.05, 0) is 12.8 Å². The van der Waals surface area contributed by atoms with Crippen molar-refractivity contribution in [1.82, 2.24) is 5.32 Å². The van der Waals surface area contributed by atoms with Crippen LogP contribution in [0.5, 0.6) is 0 Å². The van der Waals surface area contributed by atoms with E-state index in [4.69, 9.17) is 10.8 Å². The SMILES string of the molecule is CC[C@H](S)C(=O)N[C@@H](CCC(N)=O)C(=O)O. The fourth-order valence-corrected chi connectivity index (χ4v) is 1.07. The molecule has 0 aliphatic carbocycles. The van der Waals surface area contributed by atoms with Crippen LogP contribution in [0.1, 0.15) is 26.2 Å². The Bertz CT molecular complexity index is 283. The molecular weight excluding hydrogens is 232 g/mol. The highest BCUT2D eigenvalue weighted by Crippen LogP contribution is 2.03. The smallest absolute Gasteiger partial charge is 0.326 e. The van der Waals surface area contributed by atoms with Gasteiger partial charge in [-0.3, -0.25) is 9.59 Å². The van der Waals surface area contributed by atoms with Gasteiger partial charge in [-0.1, -0.05) is 6.92 Å². The molecule has 0 saturated carbocycles. The number of aliphatic carboxylic acids is 1. The van der Waals surface area contributed by atoms with Crippen molar-refractivity contribution in [3.05, 3.63) is 0 Å². The molecule has 0 unspecified atom stereocenters. The predicted octanol–water partition coefficient (Wildman–Crippen LogP) is -0.470. The minimum atomic E-state index is -1.19. The Balaban J connectivity index is 4.28. The molecule has 4 N–H and O–H groups in total. The summed E-state index contributed by atoms with van der Waals surface area (Å²) in [4.78, 5) is 32.6. The number of nitrogens with two attached hydrogens (primary N) is 1. The van der Waals surface area contributed by atoms with Gasteiger partial charge in [-0.2, -0.15) is 12.6 Å². The molecule has 0 spiro atoms. The van der Waals surface area contributed by atoms with Gasteiger partial charge in [0.25, 0.3) is 0 Å². The second kappa shape index (κ2) is 7.10. The van der Waals surface area contributed by atoms with E-state index in [0.29, 0.717) is 6.42 Å². The van der Waals surface area contributed by atoms with Crippen molar-refractivity contribution in [3.8, 4) is 0 Å². The fraction of sp³-hybridized carbons (Fsp3) is 0.667. The maximum absolute atomic E-state index is 11.4. The first-order valence-corrected chi connectivity index (χ1v) is 5.39. The molecule has 0 aliphatic heterocycles. The van der Waals surface area contributed by atoms with Crippen LogP contribution in [-0.4, -0.2) is 34.2 Å². The van der Waals surface area contributed by atoms with E-state index in [2.05, 4.69) is 17.9 Å². The number of amides is 2. The third-order valence-corrected chi connectivity index (χ3v) is 2.58. The van der Waals surface area contributed by atoms with Gasteiger partial charge in [0.2, 0.25) is 11.8 Å². The van der Waals surface area contributed by atoms with E-state index in [0.717, 1.165) is 0 Å². The van der Waals surface area contributed by atoms with Crippen LogP contribution in [0.15, 0.2) is 0 Å². The largest absolute Gasteiger partial charge is 0.480 e. The van der Waals surface area contributed by atoms with Crippen LogP contribution in [0, 0.1) is 0 Å². The Morgan fingerprint density at radius 1 is 1.44 bits per heavy atom. The lowest BCUT2D eigenvalue weighted by atomic mass is 10.1. The van der Waals surface area contributed by atoms with Crippen molar-refractivity contribution >= 4 is 30.4 Å². The van der Waals surface area contributed by atoms with E-state index >= 15 is 0 Å². The number of nitrogens with one attached hydrogen (secondary N) is 1. The van der Waals surface area contributed by atoms with Crippen LogP contribution >= 0.6 is 12.6 Å². The fourth-order valence-electron chi connectivity index (χ4n) is 0.997. The Morgan fingerprint density at radius 3 is 2.38 bits per heavy atom. The summed E-state index contributed by atoms with van der Waals surface area (Å²) < 4.78 is 0. The third kappa shape index (κ3) is 5.59. The minimum Gasteiger partial charge on any atom is -0.480 e. The predicted molar refractivity (Wildman–Crippen MR) is 61.1 cm³/mol. The molecule has 0 heterocycles. The maximum Gasteiger partial charge on any atom is 0.326 e. The molecule has 2 amide bonds. The van der Waals surface area contributed by atoms with Crippen molar-refractivity contribution in [2.75, 3.05) is 0 Å². The zero-order chi connectivity index (χ0) is 12.7. The van der Waals surface area contributed by atoms with Gasteiger partial charge in [-0.15, -0.1) is 0 Å². The van der Waals surface area contributed by atoms with E-state index in [-0.39, 0.29) is 12.8 Å². The average molecular weight is 248 g/mol. The Kier molecular flexibility index (Phi) is 6.55. The molecule has 92 valence electrons. The number of hydrogen-bond acceptors (Lipinski definition) is 4. The number of carbonyl (C=O) groups excluding carboxylic acids is 2. The van der Waals surface area contributed by atoms with Crippen LogP contribution in [0.2, 0.25) is 0 Å². The lowest BCUT2D eigenvalue weighted by molar-refractivity contribution is -0.142. The van der Waals surface area contributed by atoms with Crippen LogP contribution in [0.25, 0.3) is 0 Å². The first-order valence-electron chi connectivity index (χ1n) is 4.88. The second-order valence-electron chi connectivity index (χ2n) is 3.33. The number of rotatable bonds is 7. The minimum absolute atomic E-state index is 0.0133. The zero-order valence-corrected chi connectivity index (χ0v) is 9.87. The molecule has 0 saturated heterocycles. The number of hydrogen-bond donors (Lipinski definition) is 4. The van der Waals surface area contributed by atoms with E-state index in [1.807, 2.05) is 0 Å². The van der Waals surface area contributed by atoms with Gasteiger partial charge in [0.15, 0.2) is 0 Å². The normalized spacial score (nSPS) is 13.9. The summed E-state index contributed by atoms with van der Waals surface area (Å²) in [6, 6.07) is -1.10. The van der Waals surface area contributed by atoms with Gasteiger partial charge >= 0.3 is 5.97 Å². The van der Waals surface area contributed by atoms with E-state index in [1.165, 1.54) is 0 Å². The molecule has 0 aromatic rings. The molecule has 0 fully saturated rings. The number of primary amides is 1. The van der Waals surface area contributed by atoms with E-state index in [1.54, 1.807) is 6.92 Å². The van der Waals surface area contributed by atoms with Crippen molar-refractivity contribution in [2.45, 2.75) is 37.5 Å². The molecule has 0 radical (unpaired) electrons. The number of carbonyl (C=O) groups is 3. The van der Waals surface area contributed by atoms with Crippen molar-refractivity contribution in [1.29, 1.82) is 0 Å². The van der Waals surface area contributed by atoms with E-state index in [9.17, 15) is 14.4 Å². The van der Waals surface area contributed by atoms with E-state index < -0.39 is 29.1 Å². The van der Waals surface area contributed by atoms with Crippen molar-refractivity contribution in [2.24, 2.45) is 5.73 Å². The Morgan fingerprint density at radius 2 is 2.00 bits per heavy atom.